The van der Waals surface area contributed by atoms with Gasteiger partial charge in [-0.25, -0.2) is 0 Å². The van der Waals surface area contributed by atoms with Crippen LogP contribution in [0.3, 0.4) is 0 Å². The molecule has 0 unspecified atom stereocenters. The Kier molecular flexibility index (Phi) is 4.65. The fourth-order valence-electron chi connectivity index (χ4n) is 4.86. The van der Waals surface area contributed by atoms with Gasteiger partial charge in [0.05, 0.1) is 24.5 Å². The molecule has 5 heteroatoms. The van der Waals surface area contributed by atoms with Crippen LogP contribution in [-0.2, 0) is 9.59 Å². The summed E-state index contributed by atoms with van der Waals surface area (Å²) in [5, 5.41) is 3.55. The van der Waals surface area contributed by atoms with Crippen molar-refractivity contribution < 1.29 is 14.3 Å². The normalized spacial score (nSPS) is 22.2. The summed E-state index contributed by atoms with van der Waals surface area (Å²) in [7, 11) is 1.64. The van der Waals surface area contributed by atoms with Crippen LogP contribution in [0.5, 0.6) is 5.75 Å². The summed E-state index contributed by atoms with van der Waals surface area (Å²) in [6.45, 7) is 4.26. The Hall–Kier alpha value is -3.08. The van der Waals surface area contributed by atoms with Crippen molar-refractivity contribution >= 4 is 23.1 Å². The number of ether oxygens (including phenoxy) is 1. The Morgan fingerprint density at radius 2 is 1.77 bits per heavy atom. The molecule has 1 atom stereocenters. The number of fused-ring (bicyclic) bond motifs is 1. The van der Waals surface area contributed by atoms with Gasteiger partial charge in [0.2, 0.25) is 5.91 Å². The van der Waals surface area contributed by atoms with Gasteiger partial charge in [-0.1, -0.05) is 38.1 Å². The summed E-state index contributed by atoms with van der Waals surface area (Å²) in [6, 6.07) is 15.2. The number of nitrogens with zero attached hydrogens (tertiary/aromatic N) is 1. The minimum atomic E-state index is -0.450. The van der Waals surface area contributed by atoms with E-state index in [1.165, 1.54) is 0 Å². The van der Waals surface area contributed by atoms with Gasteiger partial charge in [-0.2, -0.15) is 0 Å². The van der Waals surface area contributed by atoms with Crippen LogP contribution in [0.1, 0.15) is 51.1 Å². The first kappa shape index (κ1) is 19.9. The highest BCUT2D eigenvalue weighted by atomic mass is 16.5. The summed E-state index contributed by atoms with van der Waals surface area (Å²) in [5.41, 5.74) is 4.16. The Labute approximate surface area is 183 Å². The van der Waals surface area contributed by atoms with Crippen LogP contribution in [0, 0.1) is 11.3 Å². The van der Waals surface area contributed by atoms with Crippen LogP contribution in [0.4, 0.5) is 11.4 Å². The first-order chi connectivity index (χ1) is 14.9. The molecular formula is C26H28N2O3. The summed E-state index contributed by atoms with van der Waals surface area (Å²) < 4.78 is 5.34. The van der Waals surface area contributed by atoms with Crippen LogP contribution in [-0.4, -0.2) is 18.8 Å². The molecule has 0 radical (unpaired) electrons. The molecule has 5 rings (SSSR count). The maximum Gasteiger partial charge on any atom is 0.231 e. The number of carbonyl (C=O) groups is 2. The highest BCUT2D eigenvalue weighted by Crippen LogP contribution is 2.49. The number of nitrogens with one attached hydrogen (secondary N) is 1. The third-order valence-electron chi connectivity index (χ3n) is 6.50. The molecule has 31 heavy (non-hydrogen) atoms. The number of methoxy groups -OCH3 is 1. The number of rotatable bonds is 3. The molecule has 0 saturated heterocycles. The highest BCUT2D eigenvalue weighted by molar-refractivity contribution is 6.07. The lowest BCUT2D eigenvalue weighted by molar-refractivity contribution is -0.120. The molecule has 0 bridgehead atoms. The summed E-state index contributed by atoms with van der Waals surface area (Å²) in [6.07, 6.45) is 3.06. The van der Waals surface area contributed by atoms with E-state index in [0.717, 1.165) is 53.2 Å². The number of hydrogen-bond donors (Lipinski definition) is 1. The van der Waals surface area contributed by atoms with Crippen molar-refractivity contribution in [2.45, 2.75) is 45.6 Å². The Morgan fingerprint density at radius 1 is 1.06 bits per heavy atom. The molecule has 0 aromatic heterocycles. The Morgan fingerprint density at radius 3 is 2.45 bits per heavy atom. The average molecular weight is 417 g/mol. The van der Waals surface area contributed by atoms with Gasteiger partial charge in [0, 0.05) is 23.6 Å². The summed E-state index contributed by atoms with van der Waals surface area (Å²) >= 11 is 0. The number of amides is 1. The number of Topliss-reactive ketones (excluding diaryl/α,β-unsaturated/α-hetero) is 1. The van der Waals surface area contributed by atoms with E-state index in [9.17, 15) is 9.59 Å². The van der Waals surface area contributed by atoms with Crippen LogP contribution < -0.4 is 15.0 Å². The molecular weight excluding hydrogens is 388 g/mol. The lowest BCUT2D eigenvalue weighted by Crippen LogP contribution is -2.40. The molecule has 5 nitrogen and oxygen atoms in total. The predicted molar refractivity (Wildman–Crippen MR) is 121 cm³/mol. The molecule has 1 N–H and O–H groups in total. The van der Waals surface area contributed by atoms with Crippen molar-refractivity contribution in [3.8, 4) is 5.75 Å². The molecule has 1 aliphatic heterocycles. The third-order valence-corrected chi connectivity index (χ3v) is 6.50. The first-order valence-corrected chi connectivity index (χ1v) is 11.0. The summed E-state index contributed by atoms with van der Waals surface area (Å²) in [5.74, 6) is 0.995. The molecule has 1 amide bonds. The molecule has 2 aliphatic carbocycles. The van der Waals surface area contributed by atoms with Crippen LogP contribution in [0.25, 0.3) is 0 Å². The van der Waals surface area contributed by atoms with Crippen molar-refractivity contribution in [2.75, 3.05) is 17.3 Å². The Bertz CT molecular complexity index is 1080. The first-order valence-electron chi connectivity index (χ1n) is 11.0. The smallest absolute Gasteiger partial charge is 0.231 e. The molecule has 160 valence electrons. The minimum absolute atomic E-state index is 0.0334. The van der Waals surface area contributed by atoms with E-state index in [0.29, 0.717) is 6.42 Å². The van der Waals surface area contributed by atoms with Gasteiger partial charge in [-0.3, -0.25) is 14.5 Å². The molecule has 1 heterocycles. The van der Waals surface area contributed by atoms with Crippen LogP contribution in [0.2, 0.25) is 0 Å². The van der Waals surface area contributed by atoms with E-state index in [1.807, 2.05) is 53.4 Å². The highest BCUT2D eigenvalue weighted by Gasteiger charge is 2.45. The van der Waals surface area contributed by atoms with E-state index in [2.05, 4.69) is 19.2 Å². The predicted octanol–water partition coefficient (Wildman–Crippen LogP) is 5.25. The molecule has 0 spiro atoms. The second-order valence-corrected chi connectivity index (χ2v) is 9.63. The van der Waals surface area contributed by atoms with Crippen molar-refractivity contribution in [3.05, 3.63) is 65.4 Å². The fraction of sp³-hybridized carbons (Fsp3) is 0.385. The average Bonchev–Trinajstić information content (AvgIpc) is 3.58. The van der Waals surface area contributed by atoms with Gasteiger partial charge in [-0.15, -0.1) is 0 Å². The molecule has 1 saturated carbocycles. The van der Waals surface area contributed by atoms with Crippen LogP contribution in [0.15, 0.2) is 59.8 Å². The number of hydrogen-bond acceptors (Lipinski definition) is 4. The van der Waals surface area contributed by atoms with E-state index >= 15 is 0 Å². The molecule has 2 aromatic carbocycles. The quantitative estimate of drug-likeness (QED) is 0.743. The van der Waals surface area contributed by atoms with Gasteiger partial charge in [0.25, 0.3) is 0 Å². The van der Waals surface area contributed by atoms with Gasteiger partial charge in [0.15, 0.2) is 5.78 Å². The fourth-order valence-corrected chi connectivity index (χ4v) is 4.86. The second-order valence-electron chi connectivity index (χ2n) is 9.63. The maximum atomic E-state index is 13.6. The van der Waals surface area contributed by atoms with Crippen molar-refractivity contribution in [1.29, 1.82) is 0 Å². The van der Waals surface area contributed by atoms with Gasteiger partial charge >= 0.3 is 0 Å². The SMILES string of the molecule is COc1ccc([C@@H]2C3=C(CC(C)(C)CC3=O)Nc3ccccc3N2C(=O)C2CC2)cc1. The monoisotopic (exact) mass is 416 g/mol. The zero-order valence-electron chi connectivity index (χ0n) is 18.3. The minimum Gasteiger partial charge on any atom is -0.497 e. The van der Waals surface area contributed by atoms with Crippen molar-refractivity contribution in [3.63, 3.8) is 0 Å². The van der Waals surface area contributed by atoms with E-state index in [4.69, 9.17) is 4.74 Å². The van der Waals surface area contributed by atoms with Crippen LogP contribution >= 0.6 is 0 Å². The molecule has 3 aliphatic rings. The molecule has 2 aromatic rings. The third kappa shape index (κ3) is 3.52. The lowest BCUT2D eigenvalue weighted by atomic mass is 9.73. The number of anilines is 2. The second kappa shape index (κ2) is 7.26. The zero-order chi connectivity index (χ0) is 21.8. The zero-order valence-corrected chi connectivity index (χ0v) is 18.3. The largest absolute Gasteiger partial charge is 0.497 e. The van der Waals surface area contributed by atoms with Crippen molar-refractivity contribution in [1.82, 2.24) is 0 Å². The topological polar surface area (TPSA) is 58.6 Å². The molecule has 1 fully saturated rings. The Balaban J connectivity index is 1.75. The van der Waals surface area contributed by atoms with Gasteiger partial charge in [0.1, 0.15) is 5.75 Å². The number of allylic oxidation sites excluding steroid dienone is 1. The number of carbonyl (C=O) groups excluding carboxylic acids is 2. The van der Waals surface area contributed by atoms with E-state index in [1.54, 1.807) is 7.11 Å². The van der Waals surface area contributed by atoms with Crippen molar-refractivity contribution in [2.24, 2.45) is 11.3 Å². The number of para-hydroxylation sites is 2. The van der Waals surface area contributed by atoms with E-state index in [-0.39, 0.29) is 23.0 Å². The maximum absolute atomic E-state index is 13.6. The van der Waals surface area contributed by atoms with Gasteiger partial charge < -0.3 is 10.1 Å². The lowest BCUT2D eigenvalue weighted by Gasteiger charge is -2.37. The van der Waals surface area contributed by atoms with Gasteiger partial charge in [-0.05, 0) is 54.5 Å². The van der Waals surface area contributed by atoms with E-state index < -0.39 is 6.04 Å². The summed E-state index contributed by atoms with van der Waals surface area (Å²) in [4.78, 5) is 29.1. The number of ketones is 1. The standard InChI is InChI=1S/C26H28N2O3/c1-26(2)14-20-23(22(29)15-26)24(16-10-12-18(31-3)13-11-16)28(25(30)17-8-9-17)21-7-5-4-6-19(21)27-20/h4-7,10-13,17,24,27H,8-9,14-15H2,1-3H3/t24-/m1/s1. The number of benzene rings is 2.